The second-order valence-electron chi connectivity index (χ2n) is 10.1. The van der Waals surface area contributed by atoms with Crippen LogP contribution in [0, 0.1) is 5.92 Å². The molecule has 3 aromatic rings. The molecule has 222 valence electrons. The van der Waals surface area contributed by atoms with Gasteiger partial charge in [0.2, 0.25) is 5.78 Å². The fraction of sp³-hybridized carbons (Fsp3) is 0.429. The number of carboxylic acids is 1. The lowest BCUT2D eigenvalue weighted by Crippen LogP contribution is -3.13. The number of anilines is 2. The number of Topliss-reactive ketones (excluding diaryl/α,β-unsaturated/α-hetero) is 1. The van der Waals surface area contributed by atoms with Gasteiger partial charge in [-0.1, -0.05) is 75.7 Å². The van der Waals surface area contributed by atoms with E-state index in [1.165, 1.54) is 29.8 Å². The van der Waals surface area contributed by atoms with Gasteiger partial charge in [0, 0.05) is 30.0 Å². The van der Waals surface area contributed by atoms with Gasteiger partial charge < -0.3 is 20.2 Å². The molecule has 1 fully saturated rings. The summed E-state index contributed by atoms with van der Waals surface area (Å²) in [7, 11) is 0. The summed E-state index contributed by atoms with van der Waals surface area (Å²) >= 11 is 0. The molecule has 4 rings (SSSR count). The molecule has 3 N–H and O–H groups in total. The summed E-state index contributed by atoms with van der Waals surface area (Å²) in [5.74, 6) is 0.281. The van der Waals surface area contributed by atoms with Gasteiger partial charge in [0.1, 0.15) is 6.54 Å². The highest BCUT2D eigenvalue weighted by atomic mass is 16.4. The van der Waals surface area contributed by atoms with E-state index in [2.05, 4.69) is 43.1 Å². The van der Waals surface area contributed by atoms with Crippen molar-refractivity contribution in [3.8, 4) is 0 Å². The van der Waals surface area contributed by atoms with Crippen LogP contribution in [0.5, 0.6) is 0 Å². The third kappa shape index (κ3) is 11.0. The maximum Gasteiger partial charge on any atom is 0.330 e. The van der Waals surface area contributed by atoms with Crippen LogP contribution >= 0.6 is 0 Å². The fourth-order valence-corrected chi connectivity index (χ4v) is 5.08. The number of para-hydroxylation sites is 1. The first-order chi connectivity index (χ1) is 19.9. The summed E-state index contributed by atoms with van der Waals surface area (Å²) in [6, 6.07) is 25.9. The molecule has 0 spiro atoms. The van der Waals surface area contributed by atoms with E-state index in [-0.39, 0.29) is 5.78 Å². The van der Waals surface area contributed by atoms with Crippen molar-refractivity contribution >= 4 is 23.1 Å². The number of hydrogen-bond acceptors (Lipinski definition) is 4. The minimum atomic E-state index is -0.889. The van der Waals surface area contributed by atoms with Crippen molar-refractivity contribution < 1.29 is 19.6 Å². The zero-order chi connectivity index (χ0) is 30.0. The van der Waals surface area contributed by atoms with Gasteiger partial charge in [-0.2, -0.15) is 0 Å². The molecule has 0 radical (unpaired) electrons. The van der Waals surface area contributed by atoms with Crippen molar-refractivity contribution in [1.82, 2.24) is 0 Å². The topological polar surface area (TPSA) is 74.1 Å². The molecule has 0 saturated carbocycles. The molecule has 1 heterocycles. The summed E-state index contributed by atoms with van der Waals surface area (Å²) < 4.78 is 0. The summed E-state index contributed by atoms with van der Waals surface area (Å²) in [4.78, 5) is 27.5. The van der Waals surface area contributed by atoms with Gasteiger partial charge in [0.05, 0.1) is 13.1 Å². The van der Waals surface area contributed by atoms with Crippen LogP contribution in [-0.4, -0.2) is 49.6 Å². The Morgan fingerprint density at radius 2 is 1.39 bits per heavy atom. The van der Waals surface area contributed by atoms with Gasteiger partial charge in [-0.3, -0.25) is 4.79 Å². The zero-order valence-electron chi connectivity index (χ0n) is 25.6. The molecular formula is C35H50N3O3+. The minimum absolute atomic E-state index is 0.288. The Balaban J connectivity index is 0.000000278. The number of aliphatic carboxylic acids is 1. The van der Waals surface area contributed by atoms with Crippen LogP contribution in [0.4, 0.5) is 11.4 Å². The normalized spacial score (nSPS) is 16.6. The molecule has 0 amide bonds. The first kappa shape index (κ1) is 33.6. The highest BCUT2D eigenvalue weighted by molar-refractivity contribution is 5.97. The smallest absolute Gasteiger partial charge is 0.330 e. The third-order valence-corrected chi connectivity index (χ3v) is 7.58. The van der Waals surface area contributed by atoms with Crippen molar-refractivity contribution in [1.29, 1.82) is 0 Å². The number of ketones is 1. The van der Waals surface area contributed by atoms with Crippen LogP contribution in [0.3, 0.4) is 0 Å². The van der Waals surface area contributed by atoms with Crippen molar-refractivity contribution in [2.45, 2.75) is 59.9 Å². The summed E-state index contributed by atoms with van der Waals surface area (Å²) in [6.45, 7) is 15.6. The number of quaternary nitrogens is 1. The number of nitrogens with zero attached hydrogens (tertiary/aromatic N) is 1. The van der Waals surface area contributed by atoms with E-state index in [0.29, 0.717) is 6.54 Å². The first-order valence-electron chi connectivity index (χ1n) is 15.3. The summed E-state index contributed by atoms with van der Waals surface area (Å²) in [5, 5.41) is 12.2. The highest BCUT2D eigenvalue weighted by Gasteiger charge is 2.23. The summed E-state index contributed by atoms with van der Waals surface area (Å²) in [6.07, 6.45) is 3.84. The van der Waals surface area contributed by atoms with Gasteiger partial charge >= 0.3 is 5.97 Å². The Morgan fingerprint density at radius 1 is 0.854 bits per heavy atom. The quantitative estimate of drug-likeness (QED) is 0.238. The largest absolute Gasteiger partial charge is 0.479 e. The van der Waals surface area contributed by atoms with Gasteiger partial charge in [-0.15, -0.1) is 0 Å². The van der Waals surface area contributed by atoms with E-state index in [0.717, 1.165) is 48.9 Å². The second-order valence-corrected chi connectivity index (χ2v) is 10.1. The molecule has 0 unspecified atom stereocenters. The maximum absolute atomic E-state index is 12.4. The fourth-order valence-electron chi connectivity index (χ4n) is 5.08. The van der Waals surface area contributed by atoms with Crippen molar-refractivity contribution in [2.75, 3.05) is 42.9 Å². The van der Waals surface area contributed by atoms with E-state index in [4.69, 9.17) is 0 Å². The Morgan fingerprint density at radius 3 is 1.88 bits per heavy atom. The van der Waals surface area contributed by atoms with Crippen LogP contribution in [0.1, 0.15) is 75.8 Å². The number of carbonyl (C=O) groups excluding carboxylic acids is 1. The van der Waals surface area contributed by atoms with Crippen LogP contribution in [0.15, 0.2) is 84.9 Å². The highest BCUT2D eigenvalue weighted by Crippen LogP contribution is 2.19. The predicted octanol–water partition coefficient (Wildman–Crippen LogP) is 6.37. The van der Waals surface area contributed by atoms with Crippen LogP contribution < -0.4 is 15.1 Å². The van der Waals surface area contributed by atoms with E-state index in [1.54, 1.807) is 12.1 Å². The second kappa shape index (κ2) is 18.7. The molecular weight excluding hydrogens is 510 g/mol. The monoisotopic (exact) mass is 560 g/mol. The van der Waals surface area contributed by atoms with Crippen molar-refractivity contribution in [2.24, 2.45) is 5.92 Å². The molecule has 0 aliphatic carbocycles. The molecule has 1 atom stereocenters. The number of piperidine rings is 1. The van der Waals surface area contributed by atoms with Crippen LogP contribution in [-0.2, 0) is 4.79 Å². The number of nitrogens with one attached hydrogen (secondary N) is 2. The van der Waals surface area contributed by atoms with Gasteiger partial charge in [0.15, 0.2) is 6.04 Å². The SMILES string of the molecule is CC.CCC1CC[NH+](CC(=O)c2ccc(N(CC)CC)cc2)CC1.O=C(O)[C@H](Nc1ccccc1)c1ccccc1. The van der Waals surface area contributed by atoms with Gasteiger partial charge in [-0.25, -0.2) is 4.79 Å². The molecule has 1 aliphatic heterocycles. The number of carbonyl (C=O) groups is 2. The molecule has 1 saturated heterocycles. The molecule has 3 aromatic carbocycles. The van der Waals surface area contributed by atoms with Crippen molar-refractivity contribution in [3.63, 3.8) is 0 Å². The number of hydrogen-bond donors (Lipinski definition) is 3. The standard InChI is InChI=1S/C19H30N2O.C14H13NO2.C2H6/c1-4-16-11-13-20(14-12-16)15-19(22)17-7-9-18(10-8-17)21(5-2)6-3;16-14(17)13(11-7-3-1-4-8-11)15-12-9-5-2-6-10-12;1-2/h7-10,16H,4-6,11-15H2,1-3H3;1-10,13,15H,(H,16,17);1-2H3/p+1/t;13-;/m.1./s1. The third-order valence-electron chi connectivity index (χ3n) is 7.58. The average molecular weight is 561 g/mol. The summed E-state index contributed by atoms with van der Waals surface area (Å²) in [5.41, 5.74) is 3.60. The molecule has 0 bridgehead atoms. The van der Waals surface area contributed by atoms with Gasteiger partial charge in [-0.05, 0) is 74.6 Å². The lowest BCUT2D eigenvalue weighted by Gasteiger charge is -2.28. The number of rotatable bonds is 11. The van der Waals surface area contributed by atoms with E-state index >= 15 is 0 Å². The lowest BCUT2D eigenvalue weighted by atomic mass is 9.94. The number of likely N-dealkylation sites (tertiary alicyclic amines) is 1. The Bertz CT molecular complexity index is 1120. The molecule has 6 heteroatoms. The molecule has 1 aliphatic rings. The molecule has 41 heavy (non-hydrogen) atoms. The maximum atomic E-state index is 12.4. The Hall–Kier alpha value is -3.64. The Labute approximate surface area is 247 Å². The van der Waals surface area contributed by atoms with Crippen molar-refractivity contribution in [3.05, 3.63) is 96.1 Å². The Kier molecular flexibility index (Phi) is 15.3. The lowest BCUT2D eigenvalue weighted by molar-refractivity contribution is -0.897. The average Bonchev–Trinajstić information content (AvgIpc) is 3.03. The van der Waals surface area contributed by atoms with Crippen LogP contribution in [0.2, 0.25) is 0 Å². The molecule has 0 aromatic heterocycles. The van der Waals surface area contributed by atoms with E-state index in [1.807, 2.05) is 74.5 Å². The predicted molar refractivity (Wildman–Crippen MR) is 171 cm³/mol. The zero-order valence-corrected chi connectivity index (χ0v) is 25.6. The van der Waals surface area contributed by atoms with E-state index < -0.39 is 12.0 Å². The first-order valence-corrected chi connectivity index (χ1v) is 15.3. The minimum Gasteiger partial charge on any atom is -0.479 e. The number of carboxylic acid groups (broad SMARTS) is 1. The molecule has 6 nitrogen and oxygen atoms in total. The number of benzene rings is 3. The van der Waals surface area contributed by atoms with Gasteiger partial charge in [0.25, 0.3) is 0 Å². The van der Waals surface area contributed by atoms with Crippen LogP contribution in [0.25, 0.3) is 0 Å². The van der Waals surface area contributed by atoms with E-state index in [9.17, 15) is 14.7 Å².